The number of aromatic nitrogens is 4. The molecule has 0 spiro atoms. The van der Waals surface area contributed by atoms with E-state index in [-0.39, 0.29) is 29.6 Å². The molecule has 0 amide bonds. The second-order valence-corrected chi connectivity index (χ2v) is 6.53. The van der Waals surface area contributed by atoms with Crippen molar-refractivity contribution in [1.82, 2.24) is 20.0 Å². The summed E-state index contributed by atoms with van der Waals surface area (Å²) in [4.78, 5) is 11.8. The van der Waals surface area contributed by atoms with Gasteiger partial charge in [0.05, 0.1) is 17.6 Å². The standard InChI is InChI=1S/C19H20F2N6O/c1-11(2)27-10-13(8-23-27)24-18-7-17(19(12(3)28)26-25-18)22-9-14-15(20)5-4-6-16(14)21/h4-8,10-11H,9H2,1-3H3,(H2,22,24,25). The Hall–Kier alpha value is -3.36. The van der Waals surface area contributed by atoms with Crippen molar-refractivity contribution in [1.29, 1.82) is 0 Å². The number of benzene rings is 1. The van der Waals surface area contributed by atoms with Gasteiger partial charge in [-0.3, -0.25) is 9.48 Å². The Labute approximate surface area is 160 Å². The van der Waals surface area contributed by atoms with Crippen LogP contribution in [0, 0.1) is 11.6 Å². The molecule has 0 atom stereocenters. The normalized spacial score (nSPS) is 10.9. The molecule has 2 aromatic heterocycles. The van der Waals surface area contributed by atoms with Crippen molar-refractivity contribution in [2.45, 2.75) is 33.4 Å². The van der Waals surface area contributed by atoms with Gasteiger partial charge in [0, 0.05) is 37.3 Å². The zero-order valence-electron chi connectivity index (χ0n) is 15.7. The van der Waals surface area contributed by atoms with E-state index in [0.717, 1.165) is 0 Å². The number of rotatable bonds is 7. The third-order valence-electron chi connectivity index (χ3n) is 4.05. The van der Waals surface area contributed by atoms with Gasteiger partial charge in [0.15, 0.2) is 17.3 Å². The molecule has 0 saturated heterocycles. The highest BCUT2D eigenvalue weighted by Crippen LogP contribution is 2.22. The third-order valence-corrected chi connectivity index (χ3v) is 4.05. The summed E-state index contributed by atoms with van der Waals surface area (Å²) in [6.45, 7) is 5.21. The quantitative estimate of drug-likeness (QED) is 0.595. The first-order valence-corrected chi connectivity index (χ1v) is 8.71. The van der Waals surface area contributed by atoms with E-state index >= 15 is 0 Å². The number of halogens is 2. The number of ketones is 1. The summed E-state index contributed by atoms with van der Waals surface area (Å²) in [5.74, 6) is -1.29. The van der Waals surface area contributed by atoms with Crippen molar-refractivity contribution < 1.29 is 13.6 Å². The Bertz CT molecular complexity index is 982. The van der Waals surface area contributed by atoms with Gasteiger partial charge in [0.2, 0.25) is 0 Å². The molecule has 0 aliphatic rings. The van der Waals surface area contributed by atoms with E-state index in [1.807, 2.05) is 20.0 Å². The summed E-state index contributed by atoms with van der Waals surface area (Å²) < 4.78 is 29.5. The van der Waals surface area contributed by atoms with E-state index in [9.17, 15) is 13.6 Å². The van der Waals surface area contributed by atoms with Crippen molar-refractivity contribution in [2.75, 3.05) is 10.6 Å². The van der Waals surface area contributed by atoms with Gasteiger partial charge in [-0.1, -0.05) is 6.07 Å². The molecule has 3 rings (SSSR count). The number of hydrogen-bond donors (Lipinski definition) is 2. The molecule has 0 fully saturated rings. The summed E-state index contributed by atoms with van der Waals surface area (Å²) >= 11 is 0. The first-order valence-electron chi connectivity index (χ1n) is 8.71. The van der Waals surface area contributed by atoms with Crippen LogP contribution in [0.15, 0.2) is 36.7 Å². The fourth-order valence-electron chi connectivity index (χ4n) is 2.57. The predicted octanol–water partition coefficient (Wildman–Crippen LogP) is 4.09. The van der Waals surface area contributed by atoms with Gasteiger partial charge in [0.1, 0.15) is 11.6 Å². The maximum absolute atomic E-state index is 13.9. The molecule has 3 aromatic rings. The molecule has 9 heteroatoms. The van der Waals surface area contributed by atoms with Crippen molar-refractivity contribution in [3.8, 4) is 0 Å². The van der Waals surface area contributed by atoms with Crippen molar-refractivity contribution >= 4 is 23.0 Å². The Morgan fingerprint density at radius 3 is 2.54 bits per heavy atom. The van der Waals surface area contributed by atoms with E-state index < -0.39 is 11.6 Å². The highest BCUT2D eigenvalue weighted by atomic mass is 19.1. The van der Waals surface area contributed by atoms with Crippen LogP contribution in [0.2, 0.25) is 0 Å². The predicted molar refractivity (Wildman–Crippen MR) is 102 cm³/mol. The minimum atomic E-state index is -0.668. The summed E-state index contributed by atoms with van der Waals surface area (Å²) in [5.41, 5.74) is 0.982. The van der Waals surface area contributed by atoms with E-state index in [1.165, 1.54) is 25.1 Å². The number of Topliss-reactive ketones (excluding diaryl/α,β-unsaturated/α-hetero) is 1. The Kier molecular flexibility index (Phi) is 5.62. The van der Waals surface area contributed by atoms with Crippen molar-refractivity contribution in [3.63, 3.8) is 0 Å². The summed E-state index contributed by atoms with van der Waals surface area (Å²) in [7, 11) is 0. The van der Waals surface area contributed by atoms with E-state index in [4.69, 9.17) is 0 Å². The average molecular weight is 386 g/mol. The maximum atomic E-state index is 13.9. The van der Waals surface area contributed by atoms with E-state index in [0.29, 0.717) is 17.2 Å². The molecule has 7 nitrogen and oxygen atoms in total. The Balaban J connectivity index is 1.84. The number of hydrogen-bond acceptors (Lipinski definition) is 6. The lowest BCUT2D eigenvalue weighted by atomic mass is 10.2. The zero-order chi connectivity index (χ0) is 20.3. The SMILES string of the molecule is CC(=O)c1nnc(Nc2cnn(C(C)C)c2)cc1NCc1c(F)cccc1F. The van der Waals surface area contributed by atoms with Gasteiger partial charge in [-0.05, 0) is 26.0 Å². The highest BCUT2D eigenvalue weighted by Gasteiger charge is 2.14. The molecule has 2 N–H and O–H groups in total. The molecule has 0 saturated carbocycles. The fraction of sp³-hybridized carbons (Fsp3) is 0.263. The number of carbonyl (C=O) groups excluding carboxylic acids is 1. The Morgan fingerprint density at radius 1 is 1.21 bits per heavy atom. The number of carbonyl (C=O) groups is 1. The van der Waals surface area contributed by atoms with E-state index in [1.54, 1.807) is 16.9 Å². The molecule has 146 valence electrons. The third kappa shape index (κ3) is 4.30. The first kappa shape index (κ1) is 19.4. The van der Waals surface area contributed by atoms with Gasteiger partial charge in [-0.2, -0.15) is 5.10 Å². The summed E-state index contributed by atoms with van der Waals surface area (Å²) in [6.07, 6.45) is 3.45. The second-order valence-electron chi connectivity index (χ2n) is 6.53. The van der Waals surface area contributed by atoms with Crippen LogP contribution in [0.25, 0.3) is 0 Å². The minimum Gasteiger partial charge on any atom is -0.379 e. The lowest BCUT2D eigenvalue weighted by molar-refractivity contribution is 0.101. The molecule has 0 bridgehead atoms. The van der Waals surface area contributed by atoms with Gasteiger partial charge in [0.25, 0.3) is 0 Å². The molecule has 0 aliphatic heterocycles. The average Bonchev–Trinajstić information content (AvgIpc) is 3.10. The topological polar surface area (TPSA) is 84.7 Å². The lowest BCUT2D eigenvalue weighted by Crippen LogP contribution is -2.11. The smallest absolute Gasteiger partial charge is 0.182 e. The first-order chi connectivity index (χ1) is 13.3. The van der Waals surface area contributed by atoms with Crippen LogP contribution in [-0.4, -0.2) is 25.8 Å². The molecule has 0 aliphatic carbocycles. The molecule has 2 heterocycles. The molecule has 0 radical (unpaired) electrons. The van der Waals surface area contributed by atoms with Crippen LogP contribution in [-0.2, 0) is 6.54 Å². The summed E-state index contributed by atoms with van der Waals surface area (Å²) in [5, 5.41) is 18.1. The molecule has 28 heavy (non-hydrogen) atoms. The van der Waals surface area contributed by atoms with Gasteiger partial charge in [-0.25, -0.2) is 8.78 Å². The number of anilines is 3. The van der Waals surface area contributed by atoms with Crippen LogP contribution in [0.4, 0.5) is 26.0 Å². The monoisotopic (exact) mass is 386 g/mol. The van der Waals surface area contributed by atoms with Crippen LogP contribution in [0.5, 0.6) is 0 Å². The second kappa shape index (κ2) is 8.12. The molecule has 1 aromatic carbocycles. The summed E-state index contributed by atoms with van der Waals surface area (Å²) in [6, 6.07) is 5.42. The minimum absolute atomic E-state index is 0.0835. The molecular weight excluding hydrogens is 366 g/mol. The maximum Gasteiger partial charge on any atom is 0.182 e. The zero-order valence-corrected chi connectivity index (χ0v) is 15.7. The molecule has 0 unspecified atom stereocenters. The van der Waals surface area contributed by atoms with Gasteiger partial charge < -0.3 is 10.6 Å². The van der Waals surface area contributed by atoms with Gasteiger partial charge >= 0.3 is 0 Å². The largest absolute Gasteiger partial charge is 0.379 e. The Morgan fingerprint density at radius 2 is 1.93 bits per heavy atom. The van der Waals surface area contributed by atoms with E-state index in [2.05, 4.69) is 25.9 Å². The number of nitrogens with one attached hydrogen (secondary N) is 2. The van der Waals surface area contributed by atoms with Crippen LogP contribution < -0.4 is 10.6 Å². The van der Waals surface area contributed by atoms with Crippen LogP contribution in [0.3, 0.4) is 0 Å². The van der Waals surface area contributed by atoms with Crippen molar-refractivity contribution in [2.24, 2.45) is 0 Å². The van der Waals surface area contributed by atoms with Gasteiger partial charge in [-0.15, -0.1) is 10.2 Å². The number of nitrogens with zero attached hydrogens (tertiary/aromatic N) is 4. The lowest BCUT2D eigenvalue weighted by Gasteiger charge is -2.12. The van der Waals surface area contributed by atoms with Crippen molar-refractivity contribution in [3.05, 3.63) is 59.6 Å². The molecular formula is C19H20F2N6O. The highest BCUT2D eigenvalue weighted by molar-refractivity contribution is 5.97. The van der Waals surface area contributed by atoms with Crippen LogP contribution >= 0.6 is 0 Å². The fourth-order valence-corrected chi connectivity index (χ4v) is 2.57. The van der Waals surface area contributed by atoms with Crippen LogP contribution in [0.1, 0.15) is 42.9 Å².